The van der Waals surface area contributed by atoms with E-state index in [0.29, 0.717) is 5.82 Å². The zero-order valence-electron chi connectivity index (χ0n) is 11.1. The van der Waals surface area contributed by atoms with Crippen LogP contribution in [-0.4, -0.2) is 22.1 Å². The molecule has 1 aromatic rings. The predicted molar refractivity (Wildman–Crippen MR) is 70.6 cm³/mol. The van der Waals surface area contributed by atoms with Crippen molar-refractivity contribution < 1.29 is 9.90 Å². The van der Waals surface area contributed by atoms with Crippen LogP contribution in [-0.2, 0) is 0 Å². The summed E-state index contributed by atoms with van der Waals surface area (Å²) < 4.78 is 0. The van der Waals surface area contributed by atoms with Crippen molar-refractivity contribution in [3.63, 3.8) is 0 Å². The molecule has 1 heterocycles. The minimum absolute atomic E-state index is 0.0868. The molecule has 5 nitrogen and oxygen atoms in total. The molecule has 0 bridgehead atoms. The van der Waals surface area contributed by atoms with Gasteiger partial charge >= 0.3 is 5.97 Å². The summed E-state index contributed by atoms with van der Waals surface area (Å²) in [6, 6.07) is 1.65. The molecule has 0 radical (unpaired) electrons. The van der Waals surface area contributed by atoms with E-state index in [1.807, 2.05) is 0 Å². The fraction of sp³-hybridized carbons (Fsp3) is 0.538. The Morgan fingerprint density at radius 1 is 1.39 bits per heavy atom. The van der Waals surface area contributed by atoms with Crippen LogP contribution in [0.1, 0.15) is 38.1 Å². The van der Waals surface area contributed by atoms with Crippen LogP contribution in [0, 0.1) is 10.8 Å². The van der Waals surface area contributed by atoms with E-state index in [4.69, 9.17) is 10.8 Å². The molecule has 5 heteroatoms. The number of hydrogen-bond acceptors (Lipinski definition) is 4. The second kappa shape index (κ2) is 3.60. The topological polar surface area (TPSA) is 88.2 Å². The number of hydrogen-bond donors (Lipinski definition) is 3. The van der Waals surface area contributed by atoms with Crippen molar-refractivity contribution in [3.8, 4) is 0 Å². The lowest BCUT2D eigenvalue weighted by atomic mass is 10.0. The van der Waals surface area contributed by atoms with Gasteiger partial charge in [-0.1, -0.05) is 27.7 Å². The molecule has 0 aromatic carbocycles. The van der Waals surface area contributed by atoms with Crippen LogP contribution in [0.4, 0.5) is 11.5 Å². The van der Waals surface area contributed by atoms with Gasteiger partial charge in [0.2, 0.25) is 0 Å². The van der Waals surface area contributed by atoms with Gasteiger partial charge in [-0.05, 0) is 16.9 Å². The number of pyridine rings is 1. The first-order valence-electron chi connectivity index (χ1n) is 5.94. The van der Waals surface area contributed by atoms with Gasteiger partial charge in [0.1, 0.15) is 5.82 Å². The normalized spacial score (nSPS) is 20.4. The zero-order valence-corrected chi connectivity index (χ0v) is 11.1. The van der Waals surface area contributed by atoms with E-state index in [9.17, 15) is 4.79 Å². The number of carboxylic acids is 1. The number of aromatic nitrogens is 1. The molecule has 0 unspecified atom stereocenters. The first-order chi connectivity index (χ1) is 8.19. The standard InChI is InChI=1S/C13H19N3O2/c1-12(2)11(13(12,3)4)16-9-8(14)7(10(17)18)5-6-15-9/h5-6,11H,14H2,1-4H3,(H,15,16)(H,17,18). The SMILES string of the molecule is CC1(C)C(Nc2nccc(C(=O)O)c2N)C1(C)C. The monoisotopic (exact) mass is 249 g/mol. The van der Waals surface area contributed by atoms with Crippen molar-refractivity contribution in [1.29, 1.82) is 0 Å². The number of nitrogen functional groups attached to an aromatic ring is 1. The molecule has 18 heavy (non-hydrogen) atoms. The summed E-state index contributed by atoms with van der Waals surface area (Å²) in [6.45, 7) is 8.67. The molecule has 1 aliphatic carbocycles. The van der Waals surface area contributed by atoms with Crippen molar-refractivity contribution in [2.24, 2.45) is 10.8 Å². The van der Waals surface area contributed by atoms with Gasteiger partial charge in [0.15, 0.2) is 0 Å². The van der Waals surface area contributed by atoms with Crippen molar-refractivity contribution in [1.82, 2.24) is 4.98 Å². The van der Waals surface area contributed by atoms with E-state index in [1.54, 1.807) is 0 Å². The van der Waals surface area contributed by atoms with Gasteiger partial charge in [-0.25, -0.2) is 9.78 Å². The maximum Gasteiger partial charge on any atom is 0.337 e. The number of anilines is 2. The van der Waals surface area contributed by atoms with E-state index in [1.165, 1.54) is 12.3 Å². The number of carbonyl (C=O) groups is 1. The summed E-state index contributed by atoms with van der Waals surface area (Å²) in [6.07, 6.45) is 1.46. The van der Waals surface area contributed by atoms with E-state index in [0.717, 1.165) is 0 Å². The molecule has 4 N–H and O–H groups in total. The largest absolute Gasteiger partial charge is 0.478 e. The van der Waals surface area contributed by atoms with Crippen LogP contribution in [0.15, 0.2) is 12.3 Å². The molecule has 0 spiro atoms. The Labute approximate surface area is 106 Å². The highest BCUT2D eigenvalue weighted by molar-refractivity contribution is 5.96. The Morgan fingerprint density at radius 2 is 1.94 bits per heavy atom. The second-order valence-corrected chi connectivity index (χ2v) is 5.95. The minimum atomic E-state index is -1.03. The molecule has 98 valence electrons. The molecular formula is C13H19N3O2. The van der Waals surface area contributed by atoms with E-state index >= 15 is 0 Å². The van der Waals surface area contributed by atoms with E-state index in [-0.39, 0.29) is 28.1 Å². The van der Waals surface area contributed by atoms with Gasteiger partial charge in [0.05, 0.1) is 11.3 Å². The summed E-state index contributed by atoms with van der Waals surface area (Å²) in [7, 11) is 0. The zero-order chi connectivity index (χ0) is 13.7. The average molecular weight is 249 g/mol. The third-order valence-corrected chi connectivity index (χ3v) is 4.52. The smallest absolute Gasteiger partial charge is 0.337 e. The van der Waals surface area contributed by atoms with Crippen LogP contribution in [0.2, 0.25) is 0 Å². The third-order valence-electron chi connectivity index (χ3n) is 4.52. The van der Waals surface area contributed by atoms with Crippen LogP contribution in [0.5, 0.6) is 0 Å². The molecule has 1 fully saturated rings. The summed E-state index contributed by atoms with van der Waals surface area (Å²) in [4.78, 5) is 15.1. The van der Waals surface area contributed by atoms with Crippen LogP contribution < -0.4 is 11.1 Å². The van der Waals surface area contributed by atoms with Gasteiger partial charge in [0.25, 0.3) is 0 Å². The molecule has 1 aromatic heterocycles. The average Bonchev–Trinajstić information content (AvgIpc) is 2.63. The number of nitrogens with one attached hydrogen (secondary N) is 1. The van der Waals surface area contributed by atoms with E-state index in [2.05, 4.69) is 38.0 Å². The highest BCUT2D eigenvalue weighted by Crippen LogP contribution is 2.63. The van der Waals surface area contributed by atoms with Gasteiger partial charge < -0.3 is 16.2 Å². The second-order valence-electron chi connectivity index (χ2n) is 5.95. The lowest BCUT2D eigenvalue weighted by Crippen LogP contribution is -2.15. The summed E-state index contributed by atoms with van der Waals surface area (Å²) >= 11 is 0. The van der Waals surface area contributed by atoms with E-state index < -0.39 is 5.97 Å². The number of nitrogens with two attached hydrogens (primary N) is 1. The molecule has 0 atom stereocenters. The molecule has 0 saturated heterocycles. The third kappa shape index (κ3) is 1.62. The first kappa shape index (κ1) is 12.7. The van der Waals surface area contributed by atoms with Crippen LogP contribution in [0.25, 0.3) is 0 Å². The molecule has 0 aliphatic heterocycles. The van der Waals surface area contributed by atoms with Crippen molar-refractivity contribution in [2.75, 3.05) is 11.1 Å². The van der Waals surface area contributed by atoms with Crippen molar-refractivity contribution in [3.05, 3.63) is 17.8 Å². The van der Waals surface area contributed by atoms with Gasteiger partial charge in [-0.15, -0.1) is 0 Å². The minimum Gasteiger partial charge on any atom is -0.478 e. The lowest BCUT2D eigenvalue weighted by Gasteiger charge is -2.11. The fourth-order valence-electron chi connectivity index (χ4n) is 2.47. The van der Waals surface area contributed by atoms with Crippen molar-refractivity contribution >= 4 is 17.5 Å². The molecule has 2 rings (SSSR count). The van der Waals surface area contributed by atoms with Crippen molar-refractivity contribution in [2.45, 2.75) is 33.7 Å². The Morgan fingerprint density at radius 3 is 2.39 bits per heavy atom. The number of nitrogens with zero attached hydrogens (tertiary/aromatic N) is 1. The molecule has 0 amide bonds. The Hall–Kier alpha value is -1.78. The van der Waals surface area contributed by atoms with Gasteiger partial charge in [0, 0.05) is 12.2 Å². The Kier molecular flexibility index (Phi) is 2.54. The predicted octanol–water partition coefficient (Wildman–Crippen LogP) is 2.21. The lowest BCUT2D eigenvalue weighted by molar-refractivity contribution is 0.0698. The van der Waals surface area contributed by atoms with Gasteiger partial charge in [-0.3, -0.25) is 0 Å². The van der Waals surface area contributed by atoms with Crippen LogP contribution >= 0.6 is 0 Å². The summed E-state index contributed by atoms with van der Waals surface area (Å²) in [5, 5.41) is 12.3. The Balaban J connectivity index is 2.27. The first-order valence-corrected chi connectivity index (χ1v) is 5.94. The molecule has 1 aliphatic rings. The Bertz CT molecular complexity index is 495. The highest BCUT2D eigenvalue weighted by Gasteiger charge is 2.65. The fourth-order valence-corrected chi connectivity index (χ4v) is 2.47. The number of rotatable bonds is 3. The van der Waals surface area contributed by atoms with Gasteiger partial charge in [-0.2, -0.15) is 0 Å². The maximum atomic E-state index is 11.0. The maximum absolute atomic E-state index is 11.0. The summed E-state index contributed by atoms with van der Waals surface area (Å²) in [5.41, 5.74) is 6.39. The highest BCUT2D eigenvalue weighted by atomic mass is 16.4. The molecular weight excluding hydrogens is 230 g/mol. The number of aromatic carboxylic acids is 1. The molecule has 1 saturated carbocycles. The number of carboxylic acid groups (broad SMARTS) is 1. The quantitative estimate of drug-likeness (QED) is 0.764. The summed E-state index contributed by atoms with van der Waals surface area (Å²) in [5.74, 6) is -0.578. The van der Waals surface area contributed by atoms with Crippen LogP contribution in [0.3, 0.4) is 0 Å².